The molecule has 1 amide bonds. The molecule has 0 spiro atoms. The van der Waals surface area contributed by atoms with Crippen molar-refractivity contribution in [3.05, 3.63) is 24.3 Å². The molecular weight excluding hydrogens is 280 g/mol. The number of amides is 1. The highest BCUT2D eigenvalue weighted by molar-refractivity contribution is 5.78. The quantitative estimate of drug-likeness (QED) is 0.905. The normalized spacial score (nSPS) is 17.4. The summed E-state index contributed by atoms with van der Waals surface area (Å²) in [6.45, 7) is 10.3. The van der Waals surface area contributed by atoms with Crippen molar-refractivity contribution in [2.75, 3.05) is 26.2 Å². The van der Waals surface area contributed by atoms with E-state index in [9.17, 15) is 4.79 Å². The number of hydrogen-bond acceptors (Lipinski definition) is 4. The fourth-order valence-corrected chi connectivity index (χ4v) is 2.41. The van der Waals surface area contributed by atoms with E-state index in [2.05, 4.69) is 10.2 Å². The van der Waals surface area contributed by atoms with E-state index in [0.717, 1.165) is 18.0 Å². The number of rotatable bonds is 5. The van der Waals surface area contributed by atoms with E-state index in [4.69, 9.17) is 9.47 Å². The minimum Gasteiger partial charge on any atom is -0.486 e. The molecule has 5 heteroatoms. The van der Waals surface area contributed by atoms with Crippen LogP contribution in [-0.2, 0) is 4.79 Å². The highest BCUT2D eigenvalue weighted by Crippen LogP contribution is 2.30. The minimum absolute atomic E-state index is 0.0338. The number of carbonyl (C=O) groups is 1. The molecule has 0 aliphatic carbocycles. The van der Waals surface area contributed by atoms with Crippen molar-refractivity contribution < 1.29 is 14.3 Å². The van der Waals surface area contributed by atoms with Gasteiger partial charge < -0.3 is 14.8 Å². The molecule has 0 fully saturated rings. The van der Waals surface area contributed by atoms with Gasteiger partial charge in [0.05, 0.1) is 6.54 Å². The SMILES string of the molecule is CCN(CC(=O)NC(C)(C)C)CC1COc2ccccc2O1. The Kier molecular flexibility index (Phi) is 5.29. The van der Waals surface area contributed by atoms with E-state index in [1.807, 2.05) is 52.0 Å². The number of hydrogen-bond donors (Lipinski definition) is 1. The highest BCUT2D eigenvalue weighted by Gasteiger charge is 2.24. The summed E-state index contributed by atoms with van der Waals surface area (Å²) in [7, 11) is 0. The molecule has 22 heavy (non-hydrogen) atoms. The average Bonchev–Trinajstić information content (AvgIpc) is 2.44. The molecule has 0 saturated heterocycles. The summed E-state index contributed by atoms with van der Waals surface area (Å²) in [4.78, 5) is 14.1. The summed E-state index contributed by atoms with van der Waals surface area (Å²) in [6, 6.07) is 7.67. The third-order valence-corrected chi connectivity index (χ3v) is 3.36. The molecule has 1 aliphatic rings. The van der Waals surface area contributed by atoms with E-state index < -0.39 is 0 Å². The minimum atomic E-state index is -0.208. The van der Waals surface area contributed by atoms with Gasteiger partial charge in [-0.05, 0) is 39.4 Å². The summed E-state index contributed by atoms with van der Waals surface area (Å²) in [5.41, 5.74) is -0.208. The van der Waals surface area contributed by atoms with Crippen LogP contribution in [0.2, 0.25) is 0 Å². The van der Waals surface area contributed by atoms with Gasteiger partial charge in [-0.3, -0.25) is 9.69 Å². The van der Waals surface area contributed by atoms with E-state index in [-0.39, 0.29) is 17.6 Å². The lowest BCUT2D eigenvalue weighted by atomic mass is 10.1. The summed E-state index contributed by atoms with van der Waals surface area (Å²) in [6.07, 6.45) is -0.0581. The Bertz CT molecular complexity index is 511. The van der Waals surface area contributed by atoms with Gasteiger partial charge in [0.15, 0.2) is 11.5 Å². The van der Waals surface area contributed by atoms with Crippen molar-refractivity contribution in [3.63, 3.8) is 0 Å². The first-order valence-electron chi connectivity index (χ1n) is 7.79. The van der Waals surface area contributed by atoms with Crippen molar-refractivity contribution in [3.8, 4) is 11.5 Å². The molecule has 1 heterocycles. The zero-order valence-corrected chi connectivity index (χ0v) is 13.9. The van der Waals surface area contributed by atoms with Crippen LogP contribution in [0.3, 0.4) is 0 Å². The summed E-state index contributed by atoms with van der Waals surface area (Å²) in [5, 5.41) is 2.98. The van der Waals surface area contributed by atoms with Gasteiger partial charge in [0, 0.05) is 12.1 Å². The predicted octanol–water partition coefficient (Wildman–Crippen LogP) is 2.06. The second-order valence-corrected chi connectivity index (χ2v) is 6.62. The monoisotopic (exact) mass is 306 g/mol. The van der Waals surface area contributed by atoms with Crippen molar-refractivity contribution in [1.82, 2.24) is 10.2 Å². The topological polar surface area (TPSA) is 50.8 Å². The molecule has 0 aromatic heterocycles. The zero-order valence-electron chi connectivity index (χ0n) is 13.9. The van der Waals surface area contributed by atoms with Crippen molar-refractivity contribution in [2.45, 2.75) is 39.3 Å². The van der Waals surface area contributed by atoms with Crippen LogP contribution in [0.5, 0.6) is 11.5 Å². The lowest BCUT2D eigenvalue weighted by molar-refractivity contribution is -0.124. The van der Waals surface area contributed by atoms with Crippen LogP contribution in [0.1, 0.15) is 27.7 Å². The Labute approximate surface area is 132 Å². The van der Waals surface area contributed by atoms with Crippen LogP contribution in [0.25, 0.3) is 0 Å². The van der Waals surface area contributed by atoms with Crippen LogP contribution in [0.15, 0.2) is 24.3 Å². The molecule has 1 aromatic carbocycles. The highest BCUT2D eigenvalue weighted by atomic mass is 16.6. The first-order chi connectivity index (χ1) is 10.4. The molecule has 0 radical (unpaired) electrons. The number of benzene rings is 1. The van der Waals surface area contributed by atoms with Gasteiger partial charge in [0.1, 0.15) is 12.7 Å². The second-order valence-electron chi connectivity index (χ2n) is 6.62. The molecule has 1 atom stereocenters. The number of fused-ring (bicyclic) bond motifs is 1. The number of likely N-dealkylation sites (N-methyl/N-ethyl adjacent to an activating group) is 1. The van der Waals surface area contributed by atoms with E-state index in [1.54, 1.807) is 0 Å². The first-order valence-corrected chi connectivity index (χ1v) is 7.79. The second kappa shape index (κ2) is 7.01. The first kappa shape index (κ1) is 16.6. The van der Waals surface area contributed by atoms with Gasteiger partial charge in [0.2, 0.25) is 5.91 Å². The van der Waals surface area contributed by atoms with E-state index in [1.165, 1.54) is 0 Å². The Hall–Kier alpha value is -1.75. The Balaban J connectivity index is 1.87. The van der Waals surface area contributed by atoms with Crippen molar-refractivity contribution >= 4 is 5.91 Å². The van der Waals surface area contributed by atoms with Crippen LogP contribution in [0.4, 0.5) is 0 Å². The van der Waals surface area contributed by atoms with E-state index >= 15 is 0 Å². The molecule has 5 nitrogen and oxygen atoms in total. The van der Waals surface area contributed by atoms with Gasteiger partial charge in [-0.15, -0.1) is 0 Å². The van der Waals surface area contributed by atoms with Gasteiger partial charge in [-0.1, -0.05) is 19.1 Å². The average molecular weight is 306 g/mol. The maximum atomic E-state index is 12.0. The molecule has 122 valence electrons. The molecule has 1 aliphatic heterocycles. The Morgan fingerprint density at radius 3 is 2.64 bits per heavy atom. The molecule has 0 saturated carbocycles. The maximum Gasteiger partial charge on any atom is 0.234 e. The lowest BCUT2D eigenvalue weighted by Gasteiger charge is -2.31. The third-order valence-electron chi connectivity index (χ3n) is 3.36. The summed E-state index contributed by atoms with van der Waals surface area (Å²) in [5.74, 6) is 1.59. The Morgan fingerprint density at radius 2 is 2.00 bits per heavy atom. The van der Waals surface area contributed by atoms with E-state index in [0.29, 0.717) is 19.7 Å². The van der Waals surface area contributed by atoms with Crippen LogP contribution in [-0.4, -0.2) is 48.7 Å². The molecule has 1 aromatic rings. The standard InChI is InChI=1S/C17H26N2O3/c1-5-19(11-16(20)18-17(2,3)4)10-13-12-21-14-8-6-7-9-15(14)22-13/h6-9,13H,5,10-12H2,1-4H3,(H,18,20). The van der Waals surface area contributed by atoms with Gasteiger partial charge in [-0.2, -0.15) is 0 Å². The fourth-order valence-electron chi connectivity index (χ4n) is 2.41. The molecular formula is C17H26N2O3. The number of nitrogens with zero attached hydrogens (tertiary/aromatic N) is 1. The fraction of sp³-hybridized carbons (Fsp3) is 0.588. The molecule has 1 unspecified atom stereocenters. The third kappa shape index (κ3) is 4.91. The smallest absolute Gasteiger partial charge is 0.234 e. The zero-order chi connectivity index (χ0) is 16.2. The lowest BCUT2D eigenvalue weighted by Crippen LogP contribution is -2.48. The number of para-hydroxylation sites is 2. The maximum absolute atomic E-state index is 12.0. The largest absolute Gasteiger partial charge is 0.486 e. The van der Waals surface area contributed by atoms with Crippen molar-refractivity contribution in [2.24, 2.45) is 0 Å². The van der Waals surface area contributed by atoms with Gasteiger partial charge >= 0.3 is 0 Å². The van der Waals surface area contributed by atoms with Crippen molar-refractivity contribution in [1.29, 1.82) is 0 Å². The van der Waals surface area contributed by atoms with Crippen LogP contribution < -0.4 is 14.8 Å². The summed E-state index contributed by atoms with van der Waals surface area (Å²) < 4.78 is 11.7. The number of ether oxygens (including phenoxy) is 2. The predicted molar refractivity (Wildman–Crippen MR) is 86.4 cm³/mol. The Morgan fingerprint density at radius 1 is 1.32 bits per heavy atom. The molecule has 1 N–H and O–H groups in total. The van der Waals surface area contributed by atoms with Gasteiger partial charge in [-0.25, -0.2) is 0 Å². The van der Waals surface area contributed by atoms with Crippen LogP contribution >= 0.6 is 0 Å². The molecule has 0 bridgehead atoms. The molecule has 2 rings (SSSR count). The number of nitrogens with one attached hydrogen (secondary N) is 1. The van der Waals surface area contributed by atoms with Gasteiger partial charge in [0.25, 0.3) is 0 Å². The number of carbonyl (C=O) groups excluding carboxylic acids is 1. The summed E-state index contributed by atoms with van der Waals surface area (Å²) >= 11 is 0. The van der Waals surface area contributed by atoms with Crippen LogP contribution in [0, 0.1) is 0 Å².